The van der Waals surface area contributed by atoms with E-state index in [9.17, 15) is 5.11 Å². The van der Waals surface area contributed by atoms with Crippen LogP contribution in [0.1, 0.15) is 11.1 Å². The van der Waals surface area contributed by atoms with Crippen molar-refractivity contribution in [3.63, 3.8) is 0 Å². The average molecular weight is 331 g/mol. The van der Waals surface area contributed by atoms with Crippen LogP contribution in [0.15, 0.2) is 36.4 Å². The number of para-hydroxylation sites is 1. The monoisotopic (exact) mass is 331 g/mol. The number of hydrogen-bond acceptors (Lipinski definition) is 2. The first kappa shape index (κ1) is 17.2. The highest BCUT2D eigenvalue weighted by Gasteiger charge is 2.22. The molecule has 118 valence electrons. The van der Waals surface area contributed by atoms with E-state index in [1.165, 1.54) is 16.4 Å². The molecule has 4 heteroatoms. The molecule has 2 nitrogen and oxygen atoms in total. The molecule has 1 unspecified atom stereocenters. The molecule has 2 rings (SSSR count). The molecular formula is C18H26NOPSi. The van der Waals surface area contributed by atoms with Crippen molar-refractivity contribution in [2.24, 2.45) is 0 Å². The molecule has 2 aromatic rings. The van der Waals surface area contributed by atoms with Gasteiger partial charge in [-0.25, -0.2) is 0 Å². The maximum atomic E-state index is 10.7. The first-order valence-electron chi connectivity index (χ1n) is 7.67. The Morgan fingerprint density at radius 3 is 2.41 bits per heavy atom. The van der Waals surface area contributed by atoms with Gasteiger partial charge in [-0.2, -0.15) is 0 Å². The third-order valence-electron chi connectivity index (χ3n) is 3.83. The minimum atomic E-state index is -1.53. The summed E-state index contributed by atoms with van der Waals surface area (Å²) in [6.07, 6.45) is 0. The van der Waals surface area contributed by atoms with Gasteiger partial charge in [-0.15, -0.1) is 0 Å². The van der Waals surface area contributed by atoms with Crippen molar-refractivity contribution in [3.8, 4) is 5.75 Å². The van der Waals surface area contributed by atoms with Crippen molar-refractivity contribution in [2.75, 3.05) is 7.05 Å². The Kier molecular flexibility index (Phi) is 5.44. The Morgan fingerprint density at radius 1 is 1.09 bits per heavy atom. The Labute approximate surface area is 136 Å². The Balaban J connectivity index is 2.44. The molecule has 0 radical (unpaired) electrons. The lowest BCUT2D eigenvalue weighted by Gasteiger charge is -2.21. The summed E-state index contributed by atoms with van der Waals surface area (Å²) in [6.45, 7) is 9.83. The molecule has 22 heavy (non-hydrogen) atoms. The van der Waals surface area contributed by atoms with Crippen LogP contribution in [0.5, 0.6) is 5.75 Å². The molecule has 2 aromatic carbocycles. The first-order chi connectivity index (χ1) is 10.3. The van der Waals surface area contributed by atoms with Crippen LogP contribution < -0.4 is 21.1 Å². The van der Waals surface area contributed by atoms with Gasteiger partial charge in [0.1, 0.15) is 5.75 Å². The lowest BCUT2D eigenvalue weighted by atomic mass is 10.1. The molecule has 2 N–H and O–H groups in total. The SMILES string of the molecule is CNCc1cccc(C)c1Pc1cccc([Si](C)(C)C)c1O. The molecule has 0 aliphatic heterocycles. The largest absolute Gasteiger partial charge is 0.507 e. The van der Waals surface area contributed by atoms with Gasteiger partial charge in [0, 0.05) is 11.8 Å². The predicted octanol–water partition coefficient (Wildman–Crippen LogP) is 2.59. The molecule has 0 bridgehead atoms. The normalized spacial score (nSPS) is 12.2. The third-order valence-corrected chi connectivity index (χ3v) is 7.49. The van der Waals surface area contributed by atoms with Crippen LogP contribution in [0.4, 0.5) is 0 Å². The van der Waals surface area contributed by atoms with Gasteiger partial charge in [0.05, 0.1) is 8.07 Å². The highest BCUT2D eigenvalue weighted by atomic mass is 31.1. The smallest absolute Gasteiger partial charge is 0.122 e. The lowest BCUT2D eigenvalue weighted by molar-refractivity contribution is 0.483. The van der Waals surface area contributed by atoms with Crippen LogP contribution in [0.2, 0.25) is 19.6 Å². The molecule has 0 saturated carbocycles. The van der Waals surface area contributed by atoms with E-state index in [4.69, 9.17) is 0 Å². The standard InChI is InChI=1S/C18H26NOPSi/c1-13-8-6-9-14(12-19-2)18(13)21-15-10-7-11-16(17(15)20)22(3,4)5/h6-11,19-21H,12H2,1-5H3. The van der Waals surface area contributed by atoms with Crippen molar-refractivity contribution < 1.29 is 5.11 Å². The van der Waals surface area contributed by atoms with Gasteiger partial charge in [-0.1, -0.05) is 64.6 Å². The summed E-state index contributed by atoms with van der Waals surface area (Å²) in [5, 5.41) is 17.5. The third kappa shape index (κ3) is 3.78. The zero-order valence-corrected chi connectivity index (χ0v) is 16.1. The van der Waals surface area contributed by atoms with E-state index in [0.29, 0.717) is 14.3 Å². The molecule has 0 spiro atoms. The number of phenols is 1. The van der Waals surface area contributed by atoms with Gasteiger partial charge >= 0.3 is 0 Å². The second-order valence-corrected chi connectivity index (χ2v) is 13.0. The van der Waals surface area contributed by atoms with Crippen LogP contribution in [0, 0.1) is 6.92 Å². The number of nitrogens with one attached hydrogen (secondary N) is 1. The van der Waals surface area contributed by atoms with Crippen molar-refractivity contribution in [1.29, 1.82) is 0 Å². The van der Waals surface area contributed by atoms with Gasteiger partial charge < -0.3 is 10.4 Å². The van der Waals surface area contributed by atoms with E-state index in [1.54, 1.807) is 0 Å². The minimum absolute atomic E-state index is 0.491. The molecule has 0 aromatic heterocycles. The van der Waals surface area contributed by atoms with Crippen LogP contribution in [-0.2, 0) is 6.54 Å². The Hall–Kier alpha value is -1.15. The van der Waals surface area contributed by atoms with E-state index < -0.39 is 8.07 Å². The van der Waals surface area contributed by atoms with Crippen molar-refractivity contribution >= 4 is 32.5 Å². The summed E-state index contributed by atoms with van der Waals surface area (Å²) < 4.78 is 0. The molecule has 1 atom stereocenters. The first-order valence-corrected chi connectivity index (χ1v) is 12.2. The van der Waals surface area contributed by atoms with Crippen molar-refractivity contribution in [3.05, 3.63) is 47.5 Å². The van der Waals surface area contributed by atoms with Crippen LogP contribution in [0.25, 0.3) is 0 Å². The van der Waals surface area contributed by atoms with Crippen LogP contribution >= 0.6 is 8.58 Å². The average Bonchev–Trinajstić information content (AvgIpc) is 2.43. The van der Waals surface area contributed by atoms with Gasteiger partial charge in [0.15, 0.2) is 0 Å². The van der Waals surface area contributed by atoms with E-state index >= 15 is 0 Å². The molecule has 0 fully saturated rings. The van der Waals surface area contributed by atoms with Gasteiger partial charge in [0.25, 0.3) is 0 Å². The van der Waals surface area contributed by atoms with Gasteiger partial charge in [-0.3, -0.25) is 0 Å². The van der Waals surface area contributed by atoms with Gasteiger partial charge in [0.2, 0.25) is 0 Å². The number of aryl methyl sites for hydroxylation is 1. The highest BCUT2D eigenvalue weighted by molar-refractivity contribution is 7.56. The summed E-state index contributed by atoms with van der Waals surface area (Å²) in [5.41, 5.74) is 2.61. The summed E-state index contributed by atoms with van der Waals surface area (Å²) in [6, 6.07) is 12.7. The number of hydrogen-bond donors (Lipinski definition) is 2. The quantitative estimate of drug-likeness (QED) is 0.652. The lowest BCUT2D eigenvalue weighted by Crippen LogP contribution is -2.39. The molecule has 0 aliphatic rings. The van der Waals surface area contributed by atoms with E-state index in [0.717, 1.165) is 17.0 Å². The van der Waals surface area contributed by atoms with Crippen LogP contribution in [0.3, 0.4) is 0 Å². The summed E-state index contributed by atoms with van der Waals surface area (Å²) in [5.74, 6) is 0.513. The molecule has 0 saturated heterocycles. The molecule has 0 aliphatic carbocycles. The summed E-state index contributed by atoms with van der Waals surface area (Å²) in [4.78, 5) is 0. The molecule has 0 amide bonds. The second-order valence-electron chi connectivity index (χ2n) is 6.72. The molecule has 0 heterocycles. The fraction of sp³-hybridized carbons (Fsp3) is 0.333. The highest BCUT2D eigenvalue weighted by Crippen LogP contribution is 2.22. The maximum absolute atomic E-state index is 10.7. The van der Waals surface area contributed by atoms with Crippen molar-refractivity contribution in [2.45, 2.75) is 33.1 Å². The minimum Gasteiger partial charge on any atom is -0.507 e. The fourth-order valence-corrected chi connectivity index (χ4v) is 5.51. The fourth-order valence-electron chi connectivity index (χ4n) is 2.63. The topological polar surface area (TPSA) is 32.3 Å². The van der Waals surface area contributed by atoms with Crippen LogP contribution in [-0.4, -0.2) is 20.2 Å². The summed E-state index contributed by atoms with van der Waals surface area (Å²) >= 11 is 0. The molecular weight excluding hydrogens is 305 g/mol. The Morgan fingerprint density at radius 2 is 1.77 bits per heavy atom. The predicted molar refractivity (Wildman–Crippen MR) is 103 cm³/mol. The Bertz CT molecular complexity index is 665. The van der Waals surface area contributed by atoms with E-state index in [-0.39, 0.29) is 0 Å². The van der Waals surface area contributed by atoms with Crippen molar-refractivity contribution in [1.82, 2.24) is 5.32 Å². The van der Waals surface area contributed by atoms with Gasteiger partial charge in [-0.05, 0) is 35.6 Å². The number of aromatic hydroxyl groups is 1. The number of rotatable bonds is 5. The zero-order chi connectivity index (χ0) is 16.3. The number of benzene rings is 2. The maximum Gasteiger partial charge on any atom is 0.122 e. The number of phenolic OH excluding ortho intramolecular Hbond substituents is 1. The van der Waals surface area contributed by atoms with E-state index in [1.807, 2.05) is 7.05 Å². The summed E-state index contributed by atoms with van der Waals surface area (Å²) in [7, 11) is 0.935. The zero-order valence-electron chi connectivity index (χ0n) is 14.1. The van der Waals surface area contributed by atoms with E-state index in [2.05, 4.69) is 68.3 Å². The second kappa shape index (κ2) is 6.95.